The normalized spacial score (nSPS) is 15.9. The molecule has 11 heteroatoms. The fraction of sp³-hybridized carbons (Fsp3) is 0.273. The molecule has 1 heterocycles. The van der Waals surface area contributed by atoms with Crippen LogP contribution in [-0.2, 0) is 27.8 Å². The topological polar surface area (TPSA) is 102 Å². The maximum absolute atomic E-state index is 13.3. The van der Waals surface area contributed by atoms with Crippen molar-refractivity contribution in [3.8, 4) is 11.5 Å². The van der Waals surface area contributed by atoms with Gasteiger partial charge < -0.3 is 9.84 Å². The Morgan fingerprint density at radius 2 is 2.03 bits per heavy atom. The van der Waals surface area contributed by atoms with Gasteiger partial charge in [-0.3, -0.25) is 9.48 Å². The fourth-order valence-electron chi connectivity index (χ4n) is 3.93. The summed E-state index contributed by atoms with van der Waals surface area (Å²) in [6, 6.07) is 9.05. The second kappa shape index (κ2) is 9.12. The SMILES string of the molecule is CN([C@@H]1CCCc2c1cnn2CC(=O)O)S(=O)(=O)c1ccc(Oc2ccc(F)cc2)c(Cl)c1. The van der Waals surface area contributed by atoms with Crippen LogP contribution in [-0.4, -0.2) is 40.6 Å². The molecule has 0 aliphatic heterocycles. The standard InChI is InChI=1S/C22H21ClFN3O5S/c1-26(19-3-2-4-20-17(19)12-25-27(20)13-22(28)29)33(30,31)16-9-10-21(18(23)11-16)32-15-7-5-14(24)6-8-15/h5-12,19H,2-4,13H2,1H3,(H,28,29)/t19-/m1/s1. The largest absolute Gasteiger partial charge is 0.480 e. The average Bonchev–Trinajstić information content (AvgIpc) is 3.18. The molecule has 1 aliphatic carbocycles. The Kier molecular flexibility index (Phi) is 6.42. The molecule has 174 valence electrons. The lowest BCUT2D eigenvalue weighted by Crippen LogP contribution is -2.33. The fourth-order valence-corrected chi connectivity index (χ4v) is 5.60. The van der Waals surface area contributed by atoms with E-state index in [1.807, 2.05) is 0 Å². The highest BCUT2D eigenvalue weighted by molar-refractivity contribution is 7.89. The number of fused-ring (bicyclic) bond motifs is 1. The number of aliphatic carboxylic acids is 1. The van der Waals surface area contributed by atoms with E-state index in [1.165, 1.54) is 58.5 Å². The van der Waals surface area contributed by atoms with Crippen LogP contribution in [0, 0.1) is 5.82 Å². The number of nitrogens with zero attached hydrogens (tertiary/aromatic N) is 3. The van der Waals surface area contributed by atoms with E-state index in [-0.39, 0.29) is 22.2 Å². The van der Waals surface area contributed by atoms with Crippen molar-refractivity contribution in [2.45, 2.75) is 36.7 Å². The van der Waals surface area contributed by atoms with E-state index in [0.29, 0.717) is 30.6 Å². The van der Waals surface area contributed by atoms with E-state index >= 15 is 0 Å². The third kappa shape index (κ3) is 4.73. The number of rotatable bonds is 7. The quantitative estimate of drug-likeness (QED) is 0.528. The number of sulfonamides is 1. The van der Waals surface area contributed by atoms with Crippen molar-refractivity contribution >= 4 is 27.6 Å². The molecule has 3 aromatic rings. The molecule has 1 aliphatic rings. The van der Waals surface area contributed by atoms with Gasteiger partial charge in [-0.05, 0) is 61.7 Å². The first-order chi connectivity index (χ1) is 15.7. The second-order valence-electron chi connectivity index (χ2n) is 7.68. The summed E-state index contributed by atoms with van der Waals surface area (Å²) >= 11 is 6.29. The number of carbonyl (C=O) groups is 1. The summed E-state index contributed by atoms with van der Waals surface area (Å²) < 4.78 is 48.1. The van der Waals surface area contributed by atoms with Crippen LogP contribution in [0.1, 0.15) is 30.1 Å². The Hall–Kier alpha value is -2.95. The van der Waals surface area contributed by atoms with Crippen LogP contribution in [0.15, 0.2) is 53.6 Å². The Bertz CT molecular complexity index is 1290. The molecule has 0 amide bonds. The molecule has 0 bridgehead atoms. The molecular weight excluding hydrogens is 473 g/mol. The molecule has 0 saturated heterocycles. The first kappa shape index (κ1) is 23.2. The van der Waals surface area contributed by atoms with Gasteiger partial charge in [-0.25, -0.2) is 12.8 Å². The molecule has 1 aromatic heterocycles. The van der Waals surface area contributed by atoms with Gasteiger partial charge >= 0.3 is 5.97 Å². The lowest BCUT2D eigenvalue weighted by molar-refractivity contribution is -0.137. The van der Waals surface area contributed by atoms with Gasteiger partial charge in [-0.1, -0.05) is 11.6 Å². The van der Waals surface area contributed by atoms with Crippen LogP contribution >= 0.6 is 11.6 Å². The first-order valence-corrected chi connectivity index (χ1v) is 12.0. The Labute approximate surface area is 195 Å². The lowest BCUT2D eigenvalue weighted by atomic mass is 9.93. The second-order valence-corrected chi connectivity index (χ2v) is 10.1. The summed E-state index contributed by atoms with van der Waals surface area (Å²) in [6.45, 7) is -0.274. The van der Waals surface area contributed by atoms with Gasteiger partial charge in [-0.2, -0.15) is 9.40 Å². The molecule has 33 heavy (non-hydrogen) atoms. The van der Waals surface area contributed by atoms with Crippen molar-refractivity contribution in [1.82, 2.24) is 14.1 Å². The minimum Gasteiger partial charge on any atom is -0.480 e. The van der Waals surface area contributed by atoms with Gasteiger partial charge in [0.2, 0.25) is 10.0 Å². The third-order valence-corrected chi connectivity index (χ3v) is 7.73. The Morgan fingerprint density at radius 1 is 1.30 bits per heavy atom. The first-order valence-electron chi connectivity index (χ1n) is 10.1. The van der Waals surface area contributed by atoms with Crippen LogP contribution < -0.4 is 4.74 Å². The number of hydrogen-bond donors (Lipinski definition) is 1. The van der Waals surface area contributed by atoms with Crippen LogP contribution in [0.2, 0.25) is 5.02 Å². The van der Waals surface area contributed by atoms with Crippen LogP contribution in [0.3, 0.4) is 0 Å². The highest BCUT2D eigenvalue weighted by Crippen LogP contribution is 2.38. The zero-order valence-electron chi connectivity index (χ0n) is 17.6. The maximum atomic E-state index is 13.3. The van der Waals surface area contributed by atoms with Crippen molar-refractivity contribution in [2.75, 3.05) is 7.05 Å². The maximum Gasteiger partial charge on any atom is 0.325 e. The molecule has 2 aromatic carbocycles. The molecule has 8 nitrogen and oxygen atoms in total. The van der Waals surface area contributed by atoms with Crippen molar-refractivity contribution in [3.05, 3.63) is 70.8 Å². The third-order valence-electron chi connectivity index (χ3n) is 5.58. The van der Waals surface area contributed by atoms with Crippen LogP contribution in [0.25, 0.3) is 0 Å². The molecule has 1 N–H and O–H groups in total. The van der Waals surface area contributed by atoms with E-state index in [0.717, 1.165) is 5.69 Å². The zero-order chi connectivity index (χ0) is 23.8. The Morgan fingerprint density at radius 3 is 2.70 bits per heavy atom. The van der Waals surface area contributed by atoms with Gasteiger partial charge in [0.05, 0.1) is 22.2 Å². The van der Waals surface area contributed by atoms with E-state index < -0.39 is 27.9 Å². The van der Waals surface area contributed by atoms with Crippen molar-refractivity contribution in [3.63, 3.8) is 0 Å². The Balaban J connectivity index is 1.58. The van der Waals surface area contributed by atoms with Gasteiger partial charge in [0.25, 0.3) is 0 Å². The molecular formula is C22H21ClFN3O5S. The summed E-state index contributed by atoms with van der Waals surface area (Å²) in [4.78, 5) is 11.1. The number of halogens is 2. The van der Waals surface area contributed by atoms with Gasteiger partial charge in [0.1, 0.15) is 23.9 Å². The number of hydrogen-bond acceptors (Lipinski definition) is 5. The molecule has 4 rings (SSSR count). The lowest BCUT2D eigenvalue weighted by Gasteiger charge is -2.31. The number of ether oxygens (including phenoxy) is 1. The van der Waals surface area contributed by atoms with Crippen molar-refractivity contribution in [2.24, 2.45) is 0 Å². The summed E-state index contributed by atoms with van der Waals surface area (Å²) in [7, 11) is -2.44. The molecule has 0 spiro atoms. The summed E-state index contributed by atoms with van der Waals surface area (Å²) in [5.74, 6) is -0.821. The number of carboxylic acid groups (broad SMARTS) is 1. The predicted octanol–water partition coefficient (Wildman–Crippen LogP) is 4.25. The molecule has 1 atom stereocenters. The van der Waals surface area contributed by atoms with E-state index in [2.05, 4.69) is 5.10 Å². The average molecular weight is 494 g/mol. The minimum atomic E-state index is -3.92. The van der Waals surface area contributed by atoms with Crippen molar-refractivity contribution in [1.29, 1.82) is 0 Å². The number of aromatic nitrogens is 2. The van der Waals surface area contributed by atoms with Crippen LogP contribution in [0.5, 0.6) is 11.5 Å². The summed E-state index contributed by atoms with van der Waals surface area (Å²) in [5, 5.41) is 13.3. The van der Waals surface area contributed by atoms with Gasteiger partial charge in [0, 0.05) is 18.3 Å². The molecule has 0 unspecified atom stereocenters. The van der Waals surface area contributed by atoms with Gasteiger partial charge in [-0.15, -0.1) is 0 Å². The van der Waals surface area contributed by atoms with E-state index in [1.54, 1.807) is 6.20 Å². The number of benzene rings is 2. The summed E-state index contributed by atoms with van der Waals surface area (Å²) in [6.07, 6.45) is 3.46. The predicted molar refractivity (Wildman–Crippen MR) is 118 cm³/mol. The van der Waals surface area contributed by atoms with E-state index in [9.17, 15) is 17.6 Å². The molecule has 0 fully saturated rings. The smallest absolute Gasteiger partial charge is 0.325 e. The minimum absolute atomic E-state index is 0.00786. The number of carboxylic acids is 1. The molecule has 0 radical (unpaired) electrons. The van der Waals surface area contributed by atoms with Crippen LogP contribution in [0.4, 0.5) is 4.39 Å². The van der Waals surface area contributed by atoms with Crippen molar-refractivity contribution < 1.29 is 27.4 Å². The summed E-state index contributed by atoms with van der Waals surface area (Å²) in [5.41, 5.74) is 1.44. The van der Waals surface area contributed by atoms with Gasteiger partial charge in [0.15, 0.2) is 0 Å². The highest BCUT2D eigenvalue weighted by atomic mass is 35.5. The monoisotopic (exact) mass is 493 g/mol. The highest BCUT2D eigenvalue weighted by Gasteiger charge is 2.34. The molecule has 0 saturated carbocycles. The van der Waals surface area contributed by atoms with E-state index in [4.69, 9.17) is 21.4 Å². The zero-order valence-corrected chi connectivity index (χ0v) is 19.2.